The zero-order valence-electron chi connectivity index (χ0n) is 8.99. The Morgan fingerprint density at radius 3 is 2.53 bits per heavy atom. The van der Waals surface area contributed by atoms with Gasteiger partial charge in [-0.15, -0.1) is 0 Å². The van der Waals surface area contributed by atoms with Crippen molar-refractivity contribution in [2.45, 2.75) is 13.3 Å². The predicted octanol–water partition coefficient (Wildman–Crippen LogP) is 1.96. The molecule has 0 unspecified atom stereocenters. The van der Waals surface area contributed by atoms with E-state index in [2.05, 4.69) is 5.32 Å². The third-order valence-electron chi connectivity index (χ3n) is 1.92. The summed E-state index contributed by atoms with van der Waals surface area (Å²) in [5.74, 6) is -2.11. The molecule has 0 atom stereocenters. The Balaban J connectivity index is 3.01. The van der Waals surface area contributed by atoms with Crippen molar-refractivity contribution in [1.29, 1.82) is 0 Å². The van der Waals surface area contributed by atoms with Crippen molar-refractivity contribution in [1.82, 2.24) is 0 Å². The summed E-state index contributed by atoms with van der Waals surface area (Å²) >= 11 is 5.79. The van der Waals surface area contributed by atoms with Crippen LogP contribution in [0.25, 0.3) is 0 Å². The van der Waals surface area contributed by atoms with Crippen molar-refractivity contribution in [2.24, 2.45) is 0 Å². The van der Waals surface area contributed by atoms with E-state index in [4.69, 9.17) is 16.7 Å². The summed E-state index contributed by atoms with van der Waals surface area (Å²) in [5.41, 5.74) is -0.109. The normalized spacial score (nSPS) is 9.76. The number of carboxylic acids is 1. The van der Waals surface area contributed by atoms with Crippen molar-refractivity contribution < 1.29 is 19.5 Å². The first-order valence-electron chi connectivity index (χ1n) is 4.73. The highest BCUT2D eigenvalue weighted by atomic mass is 35.5. The van der Waals surface area contributed by atoms with Gasteiger partial charge in [-0.05, 0) is 19.1 Å². The van der Waals surface area contributed by atoms with E-state index in [0.717, 1.165) is 0 Å². The van der Waals surface area contributed by atoms with E-state index in [9.17, 15) is 14.4 Å². The largest absolute Gasteiger partial charge is 0.478 e. The van der Waals surface area contributed by atoms with Crippen LogP contribution in [-0.4, -0.2) is 22.8 Å². The van der Waals surface area contributed by atoms with Crippen LogP contribution in [0.1, 0.15) is 23.7 Å². The standard InChI is InChI=1S/C11H10ClNO4/c1-6(14)5-9(15)13-10-7(11(16)17)3-2-4-8(10)12/h2-4H,5H2,1H3,(H,13,15)(H,16,17). The fourth-order valence-corrected chi connectivity index (χ4v) is 1.46. The van der Waals surface area contributed by atoms with Gasteiger partial charge in [-0.1, -0.05) is 17.7 Å². The van der Waals surface area contributed by atoms with Crippen LogP contribution in [0, 0.1) is 0 Å². The van der Waals surface area contributed by atoms with Gasteiger partial charge in [-0.2, -0.15) is 0 Å². The molecule has 0 aliphatic heterocycles. The number of aromatic carboxylic acids is 1. The number of rotatable bonds is 4. The highest BCUT2D eigenvalue weighted by Crippen LogP contribution is 2.26. The predicted molar refractivity (Wildman–Crippen MR) is 62.3 cm³/mol. The molecule has 6 heteroatoms. The Labute approximate surface area is 102 Å². The summed E-state index contributed by atoms with van der Waals surface area (Å²) in [6.07, 6.45) is -0.315. The smallest absolute Gasteiger partial charge is 0.337 e. The number of carboxylic acid groups (broad SMARTS) is 1. The highest BCUT2D eigenvalue weighted by molar-refractivity contribution is 6.34. The average molecular weight is 256 g/mol. The molecule has 1 amide bonds. The van der Waals surface area contributed by atoms with Crippen LogP contribution in [0.4, 0.5) is 5.69 Å². The van der Waals surface area contributed by atoms with E-state index in [-0.39, 0.29) is 28.5 Å². The number of amides is 1. The van der Waals surface area contributed by atoms with Crippen molar-refractivity contribution in [2.75, 3.05) is 5.32 Å². The maximum Gasteiger partial charge on any atom is 0.337 e. The van der Waals surface area contributed by atoms with Crippen molar-refractivity contribution in [3.8, 4) is 0 Å². The molecule has 90 valence electrons. The van der Waals surface area contributed by atoms with Crippen molar-refractivity contribution >= 4 is 34.9 Å². The molecule has 1 aromatic rings. The molecule has 1 rings (SSSR count). The number of ketones is 1. The number of hydrogen-bond acceptors (Lipinski definition) is 3. The molecule has 0 aliphatic rings. The number of carbonyl (C=O) groups is 3. The van der Waals surface area contributed by atoms with E-state index in [1.54, 1.807) is 0 Å². The van der Waals surface area contributed by atoms with Crippen LogP contribution in [-0.2, 0) is 9.59 Å². The molecule has 0 heterocycles. The zero-order chi connectivity index (χ0) is 13.0. The second kappa shape index (κ2) is 5.45. The first-order valence-corrected chi connectivity index (χ1v) is 5.10. The van der Waals surface area contributed by atoms with Crippen LogP contribution in [0.2, 0.25) is 5.02 Å². The number of carbonyl (C=O) groups excluding carboxylic acids is 2. The van der Waals surface area contributed by atoms with Gasteiger partial charge >= 0.3 is 5.97 Å². The lowest BCUT2D eigenvalue weighted by Crippen LogP contribution is -2.17. The Morgan fingerprint density at radius 1 is 1.35 bits per heavy atom. The van der Waals surface area contributed by atoms with Gasteiger partial charge in [0.1, 0.15) is 5.78 Å². The van der Waals surface area contributed by atoms with Gasteiger partial charge in [0.25, 0.3) is 0 Å². The third kappa shape index (κ3) is 3.57. The first-order chi connectivity index (χ1) is 7.91. The molecule has 1 aromatic carbocycles. The highest BCUT2D eigenvalue weighted by Gasteiger charge is 2.15. The molecule has 0 bridgehead atoms. The van der Waals surface area contributed by atoms with Crippen molar-refractivity contribution in [3.63, 3.8) is 0 Å². The van der Waals surface area contributed by atoms with E-state index in [1.807, 2.05) is 0 Å². The number of hydrogen-bond donors (Lipinski definition) is 2. The van der Waals surface area contributed by atoms with E-state index < -0.39 is 11.9 Å². The molecule has 0 aliphatic carbocycles. The van der Waals surface area contributed by atoms with Gasteiger partial charge in [0.05, 0.1) is 22.7 Å². The molecule has 0 aromatic heterocycles. The van der Waals surface area contributed by atoms with Gasteiger partial charge < -0.3 is 10.4 Å². The van der Waals surface area contributed by atoms with Crippen molar-refractivity contribution in [3.05, 3.63) is 28.8 Å². The van der Waals surface area contributed by atoms with Crippen LogP contribution in [0.5, 0.6) is 0 Å². The Bertz CT molecular complexity index is 484. The number of para-hydroxylation sites is 1. The Morgan fingerprint density at radius 2 is 2.00 bits per heavy atom. The van der Waals surface area contributed by atoms with Gasteiger partial charge in [0.15, 0.2) is 0 Å². The molecular weight excluding hydrogens is 246 g/mol. The number of benzene rings is 1. The van der Waals surface area contributed by atoms with Gasteiger partial charge in [0, 0.05) is 0 Å². The lowest BCUT2D eigenvalue weighted by molar-refractivity contribution is -0.124. The summed E-state index contributed by atoms with van der Waals surface area (Å²) in [6, 6.07) is 4.24. The first kappa shape index (κ1) is 13.2. The second-order valence-electron chi connectivity index (χ2n) is 3.39. The van der Waals surface area contributed by atoms with E-state index in [1.165, 1.54) is 25.1 Å². The lowest BCUT2D eigenvalue weighted by Gasteiger charge is -2.09. The molecule has 5 nitrogen and oxygen atoms in total. The minimum absolute atomic E-state index is 0.00733. The van der Waals surface area contributed by atoms with Crippen LogP contribution in [0.15, 0.2) is 18.2 Å². The van der Waals surface area contributed by atoms with E-state index >= 15 is 0 Å². The van der Waals surface area contributed by atoms with Gasteiger partial charge in [0.2, 0.25) is 5.91 Å². The summed E-state index contributed by atoms with van der Waals surface area (Å²) in [7, 11) is 0. The number of halogens is 1. The maximum atomic E-state index is 11.4. The van der Waals surface area contributed by atoms with E-state index in [0.29, 0.717) is 0 Å². The third-order valence-corrected chi connectivity index (χ3v) is 2.23. The summed E-state index contributed by atoms with van der Waals surface area (Å²) in [4.78, 5) is 33.0. The number of anilines is 1. The summed E-state index contributed by atoms with van der Waals surface area (Å²) in [5, 5.41) is 11.3. The minimum atomic E-state index is -1.20. The molecule has 2 N–H and O–H groups in total. The van der Waals surface area contributed by atoms with Crippen LogP contribution >= 0.6 is 11.6 Å². The molecule has 17 heavy (non-hydrogen) atoms. The maximum absolute atomic E-state index is 11.4. The fraction of sp³-hybridized carbons (Fsp3) is 0.182. The summed E-state index contributed by atoms with van der Waals surface area (Å²) < 4.78 is 0. The quantitative estimate of drug-likeness (QED) is 0.806. The SMILES string of the molecule is CC(=O)CC(=O)Nc1c(Cl)cccc1C(=O)O. The number of Topliss-reactive ketones (excluding diaryl/α,β-unsaturated/α-hetero) is 1. The minimum Gasteiger partial charge on any atom is -0.478 e. The van der Waals surface area contributed by atoms with Gasteiger partial charge in [-0.25, -0.2) is 4.79 Å². The topological polar surface area (TPSA) is 83.5 Å². The second-order valence-corrected chi connectivity index (χ2v) is 3.80. The fourth-order valence-electron chi connectivity index (χ4n) is 1.24. The molecule has 0 spiro atoms. The monoisotopic (exact) mass is 255 g/mol. The Kier molecular flexibility index (Phi) is 4.23. The molecule has 0 fully saturated rings. The average Bonchev–Trinajstić information content (AvgIpc) is 2.19. The Hall–Kier alpha value is -1.88. The molecular formula is C11H10ClNO4. The lowest BCUT2D eigenvalue weighted by atomic mass is 10.1. The molecule has 0 radical (unpaired) electrons. The number of nitrogens with one attached hydrogen (secondary N) is 1. The van der Waals surface area contributed by atoms with Crippen LogP contribution < -0.4 is 5.32 Å². The molecule has 0 saturated heterocycles. The van der Waals surface area contributed by atoms with Crippen LogP contribution in [0.3, 0.4) is 0 Å². The van der Waals surface area contributed by atoms with Gasteiger partial charge in [-0.3, -0.25) is 9.59 Å². The molecule has 0 saturated carbocycles. The zero-order valence-corrected chi connectivity index (χ0v) is 9.75. The summed E-state index contributed by atoms with van der Waals surface area (Å²) in [6.45, 7) is 1.27.